The van der Waals surface area contributed by atoms with Gasteiger partial charge >= 0.3 is 6.18 Å². The molecule has 0 saturated carbocycles. The number of alkyl halides is 3. The summed E-state index contributed by atoms with van der Waals surface area (Å²) in [7, 11) is 0. The molecule has 1 aliphatic heterocycles. The van der Waals surface area contributed by atoms with Crippen molar-refractivity contribution in [3.63, 3.8) is 0 Å². The van der Waals surface area contributed by atoms with Crippen LogP contribution in [0.5, 0.6) is 0 Å². The number of ether oxygens (including phenoxy) is 1. The molecule has 9 heteroatoms. The number of hydrogen-bond donors (Lipinski definition) is 1. The summed E-state index contributed by atoms with van der Waals surface area (Å²) in [5, 5.41) is 3.05. The third kappa shape index (κ3) is 3.88. The van der Waals surface area contributed by atoms with E-state index in [0.29, 0.717) is 37.3 Å². The summed E-state index contributed by atoms with van der Waals surface area (Å²) < 4.78 is 49.9. The normalized spacial score (nSPS) is 14.7. The topological polar surface area (TPSA) is 71.8 Å². The van der Waals surface area contributed by atoms with Gasteiger partial charge in [-0.3, -0.25) is 9.59 Å². The molecule has 0 spiro atoms. The molecule has 0 aliphatic carbocycles. The van der Waals surface area contributed by atoms with E-state index in [2.05, 4.69) is 5.32 Å². The molecule has 0 atom stereocenters. The fraction of sp³-hybridized carbons (Fsp3) is 0.238. The van der Waals surface area contributed by atoms with Crippen LogP contribution in [0.2, 0.25) is 0 Å². The molecule has 2 aromatic carbocycles. The summed E-state index contributed by atoms with van der Waals surface area (Å²) in [6, 6.07) is 10.8. The molecule has 2 heterocycles. The number of fused-ring (bicyclic) bond motifs is 1. The summed E-state index contributed by atoms with van der Waals surface area (Å²) in [5.74, 6) is -1.27. The lowest BCUT2D eigenvalue weighted by Gasteiger charge is -2.26. The molecular weight excluding hydrogens is 401 g/mol. The smallest absolute Gasteiger partial charge is 0.416 e. The van der Waals surface area contributed by atoms with E-state index in [9.17, 15) is 22.8 Å². The minimum atomic E-state index is -4.57. The number of anilines is 1. The Bertz CT molecular complexity index is 1100. The highest BCUT2D eigenvalue weighted by Gasteiger charge is 2.32. The van der Waals surface area contributed by atoms with Gasteiger partial charge in [0.05, 0.1) is 18.8 Å². The van der Waals surface area contributed by atoms with Crippen LogP contribution in [0, 0.1) is 0 Å². The van der Waals surface area contributed by atoms with Gasteiger partial charge in [-0.25, -0.2) is 0 Å². The average molecular weight is 418 g/mol. The zero-order valence-corrected chi connectivity index (χ0v) is 15.7. The number of rotatable bonds is 3. The van der Waals surface area contributed by atoms with Crippen LogP contribution >= 0.6 is 0 Å². The Labute approximate surface area is 169 Å². The van der Waals surface area contributed by atoms with Gasteiger partial charge < -0.3 is 19.4 Å². The number of furan rings is 1. The summed E-state index contributed by atoms with van der Waals surface area (Å²) in [5.41, 5.74) is -0.602. The minimum absolute atomic E-state index is 0.0709. The third-order valence-corrected chi connectivity index (χ3v) is 4.78. The highest BCUT2D eigenvalue weighted by molar-refractivity contribution is 6.14. The number of nitrogens with zero attached hydrogens (tertiary/aromatic N) is 1. The van der Waals surface area contributed by atoms with Crippen LogP contribution in [0.3, 0.4) is 0 Å². The van der Waals surface area contributed by atoms with Crippen LogP contribution < -0.4 is 5.32 Å². The third-order valence-electron chi connectivity index (χ3n) is 4.78. The number of carbonyl (C=O) groups is 2. The van der Waals surface area contributed by atoms with E-state index in [1.54, 1.807) is 29.2 Å². The van der Waals surface area contributed by atoms with Crippen molar-refractivity contribution in [3.05, 3.63) is 65.4 Å². The quantitative estimate of drug-likeness (QED) is 0.693. The van der Waals surface area contributed by atoms with Crippen LogP contribution in [-0.2, 0) is 10.9 Å². The number of nitrogens with one attached hydrogen (secondary N) is 1. The van der Waals surface area contributed by atoms with Gasteiger partial charge in [0.2, 0.25) is 5.76 Å². The highest BCUT2D eigenvalue weighted by Crippen LogP contribution is 2.33. The lowest BCUT2D eigenvalue weighted by molar-refractivity contribution is -0.137. The summed E-state index contributed by atoms with van der Waals surface area (Å²) in [4.78, 5) is 27.2. The molecule has 30 heavy (non-hydrogen) atoms. The second-order valence-corrected chi connectivity index (χ2v) is 6.74. The predicted octanol–water partition coefficient (Wildman–Crippen LogP) is 4.18. The number of amides is 2. The highest BCUT2D eigenvalue weighted by atomic mass is 19.4. The van der Waals surface area contributed by atoms with E-state index in [1.165, 1.54) is 6.07 Å². The largest absolute Gasteiger partial charge is 0.449 e. The second-order valence-electron chi connectivity index (χ2n) is 6.74. The fourth-order valence-electron chi connectivity index (χ4n) is 3.25. The van der Waals surface area contributed by atoms with Crippen LogP contribution in [0.15, 0.2) is 52.9 Å². The zero-order chi connectivity index (χ0) is 21.3. The summed E-state index contributed by atoms with van der Waals surface area (Å²) >= 11 is 0. The molecule has 0 radical (unpaired) electrons. The van der Waals surface area contributed by atoms with Crippen molar-refractivity contribution in [2.75, 3.05) is 31.6 Å². The number of benzene rings is 2. The molecule has 1 aliphatic rings. The lowest BCUT2D eigenvalue weighted by atomic mass is 10.1. The Balaban J connectivity index is 1.70. The SMILES string of the molecule is O=C(Nc1c(C(=O)N2CCOCC2)oc2ccccc12)c1cccc(C(F)(F)F)c1. The van der Waals surface area contributed by atoms with Crippen molar-refractivity contribution >= 4 is 28.5 Å². The van der Waals surface area contributed by atoms with Crippen molar-refractivity contribution in [2.24, 2.45) is 0 Å². The van der Waals surface area contributed by atoms with E-state index >= 15 is 0 Å². The molecule has 6 nitrogen and oxygen atoms in total. The van der Waals surface area contributed by atoms with Crippen molar-refractivity contribution < 1.29 is 31.9 Å². The molecule has 0 bridgehead atoms. The molecule has 1 saturated heterocycles. The van der Waals surface area contributed by atoms with Gasteiger partial charge in [-0.2, -0.15) is 13.2 Å². The van der Waals surface area contributed by atoms with Gasteiger partial charge in [0, 0.05) is 24.0 Å². The van der Waals surface area contributed by atoms with Crippen LogP contribution in [0.25, 0.3) is 11.0 Å². The number of hydrogen-bond acceptors (Lipinski definition) is 4. The van der Waals surface area contributed by atoms with E-state index in [-0.39, 0.29) is 17.0 Å². The maximum Gasteiger partial charge on any atom is 0.416 e. The average Bonchev–Trinajstić information content (AvgIpc) is 3.11. The maximum atomic E-state index is 13.0. The standard InChI is InChI=1S/C21H17F3N2O4/c22-21(23,24)14-5-3-4-13(12-14)19(27)25-17-15-6-1-2-7-16(15)30-18(17)20(28)26-8-10-29-11-9-26/h1-7,12H,8-11H2,(H,25,27). The fourth-order valence-corrected chi connectivity index (χ4v) is 3.25. The van der Waals surface area contributed by atoms with Crippen LogP contribution in [-0.4, -0.2) is 43.0 Å². The van der Waals surface area contributed by atoms with E-state index in [1.807, 2.05) is 0 Å². The van der Waals surface area contributed by atoms with Gasteiger partial charge in [0.1, 0.15) is 11.3 Å². The Kier molecular flexibility index (Phi) is 5.21. The molecule has 4 rings (SSSR count). The molecule has 3 aromatic rings. The van der Waals surface area contributed by atoms with Crippen molar-refractivity contribution in [1.82, 2.24) is 4.90 Å². The summed E-state index contributed by atoms with van der Waals surface area (Å²) in [6.45, 7) is 1.52. The van der Waals surface area contributed by atoms with E-state index < -0.39 is 23.6 Å². The van der Waals surface area contributed by atoms with Crippen molar-refractivity contribution in [3.8, 4) is 0 Å². The molecule has 1 aromatic heterocycles. The van der Waals surface area contributed by atoms with Gasteiger partial charge in [-0.15, -0.1) is 0 Å². The van der Waals surface area contributed by atoms with Gasteiger partial charge in [-0.1, -0.05) is 18.2 Å². The lowest BCUT2D eigenvalue weighted by Crippen LogP contribution is -2.40. The zero-order valence-electron chi connectivity index (χ0n) is 15.7. The first-order valence-corrected chi connectivity index (χ1v) is 9.22. The minimum Gasteiger partial charge on any atom is -0.449 e. The van der Waals surface area contributed by atoms with Gasteiger partial charge in [0.15, 0.2) is 0 Å². The first-order chi connectivity index (χ1) is 14.3. The Morgan fingerprint density at radius 1 is 1.00 bits per heavy atom. The van der Waals surface area contributed by atoms with Gasteiger partial charge in [-0.05, 0) is 30.3 Å². The van der Waals surface area contributed by atoms with E-state index in [4.69, 9.17) is 9.15 Å². The maximum absolute atomic E-state index is 13.0. The Morgan fingerprint density at radius 3 is 2.47 bits per heavy atom. The first-order valence-electron chi connectivity index (χ1n) is 9.22. The van der Waals surface area contributed by atoms with E-state index in [0.717, 1.165) is 18.2 Å². The Morgan fingerprint density at radius 2 is 1.73 bits per heavy atom. The van der Waals surface area contributed by atoms with Crippen molar-refractivity contribution in [2.45, 2.75) is 6.18 Å². The molecule has 2 amide bonds. The first kappa shape index (κ1) is 20.0. The molecule has 0 unspecified atom stereocenters. The summed E-state index contributed by atoms with van der Waals surface area (Å²) in [6.07, 6.45) is -4.57. The molecule has 156 valence electrons. The number of halogens is 3. The van der Waals surface area contributed by atoms with Crippen LogP contribution in [0.1, 0.15) is 26.5 Å². The monoisotopic (exact) mass is 418 g/mol. The molecule has 1 fully saturated rings. The number of carbonyl (C=O) groups excluding carboxylic acids is 2. The number of para-hydroxylation sites is 1. The molecular formula is C21H17F3N2O4. The van der Waals surface area contributed by atoms with Crippen LogP contribution in [0.4, 0.5) is 18.9 Å². The predicted molar refractivity (Wildman–Crippen MR) is 102 cm³/mol. The van der Waals surface area contributed by atoms with Gasteiger partial charge in [0.25, 0.3) is 11.8 Å². The number of morpholine rings is 1. The Hall–Kier alpha value is -3.33. The second kappa shape index (κ2) is 7.83. The van der Waals surface area contributed by atoms with Crippen molar-refractivity contribution in [1.29, 1.82) is 0 Å². The molecule has 1 N–H and O–H groups in total.